The fraction of sp³-hybridized carbons (Fsp3) is 0.500. The van der Waals surface area contributed by atoms with E-state index in [0.717, 1.165) is 29.6 Å². The molecule has 1 aromatic carbocycles. The van der Waals surface area contributed by atoms with Gasteiger partial charge in [0.05, 0.1) is 23.1 Å². The van der Waals surface area contributed by atoms with Gasteiger partial charge in [0.15, 0.2) is 5.82 Å². The maximum atomic E-state index is 13.9. The predicted octanol–water partition coefficient (Wildman–Crippen LogP) is 3.84. The molecule has 0 atom stereocenters. The van der Waals surface area contributed by atoms with Gasteiger partial charge in [-0.1, -0.05) is 6.07 Å². The molecule has 2 heterocycles. The lowest BCUT2D eigenvalue weighted by atomic mass is 9.78. The van der Waals surface area contributed by atoms with E-state index in [1.807, 2.05) is 46.8 Å². The highest BCUT2D eigenvalue weighted by Gasteiger charge is 2.51. The third-order valence-corrected chi connectivity index (χ3v) is 5.62. The van der Waals surface area contributed by atoms with E-state index in [0.29, 0.717) is 11.6 Å². The molecule has 0 unspecified atom stereocenters. The summed E-state index contributed by atoms with van der Waals surface area (Å²) in [6, 6.07) is 6.02. The van der Waals surface area contributed by atoms with Gasteiger partial charge < -0.3 is 14.6 Å². The smallest absolute Gasteiger partial charge is 0.399 e. The first-order valence-corrected chi connectivity index (χ1v) is 9.41. The third kappa shape index (κ3) is 3.58. The summed E-state index contributed by atoms with van der Waals surface area (Å²) in [6.07, 6.45) is 3.22. The Hall–Kier alpha value is -1.99. The second-order valence-corrected chi connectivity index (χ2v) is 8.55. The van der Waals surface area contributed by atoms with Gasteiger partial charge in [0, 0.05) is 11.6 Å². The Morgan fingerprint density at radius 1 is 1.11 bits per heavy atom. The zero-order valence-corrected chi connectivity index (χ0v) is 16.5. The van der Waals surface area contributed by atoms with Crippen LogP contribution in [0.25, 0.3) is 0 Å². The zero-order chi connectivity index (χ0) is 19.4. The van der Waals surface area contributed by atoms with Gasteiger partial charge in [-0.25, -0.2) is 14.4 Å². The zero-order valence-electron chi connectivity index (χ0n) is 16.5. The minimum absolute atomic E-state index is 0.228. The molecule has 1 aliphatic carbocycles. The van der Waals surface area contributed by atoms with Crippen LogP contribution in [0.5, 0.6) is 0 Å². The van der Waals surface area contributed by atoms with Crippen LogP contribution in [0.4, 0.5) is 16.0 Å². The molecule has 0 bridgehead atoms. The van der Waals surface area contributed by atoms with Crippen LogP contribution in [0.3, 0.4) is 0 Å². The van der Waals surface area contributed by atoms with Crippen molar-refractivity contribution in [2.75, 3.05) is 5.32 Å². The molecule has 27 heavy (non-hydrogen) atoms. The normalized spacial score (nSPS) is 20.7. The van der Waals surface area contributed by atoms with E-state index in [1.54, 1.807) is 0 Å². The first-order valence-electron chi connectivity index (χ1n) is 9.41. The van der Waals surface area contributed by atoms with E-state index in [9.17, 15) is 4.39 Å². The molecule has 1 aromatic heterocycles. The highest BCUT2D eigenvalue weighted by molar-refractivity contribution is 6.62. The summed E-state index contributed by atoms with van der Waals surface area (Å²) in [5.41, 5.74) is 2.54. The van der Waals surface area contributed by atoms with Crippen LogP contribution in [0.15, 0.2) is 24.4 Å². The fourth-order valence-electron chi connectivity index (χ4n) is 3.21. The standard InChI is InChI=1S/C20H25BFN3O2/c1-12-8-14(21-26-19(2,3)20(4,5)27-21)10-15(9-12)24-18-23-11-16(22)17(25-18)13-6-7-13/h8-11,13H,6-7H2,1-5H3,(H,23,24,25). The van der Waals surface area contributed by atoms with Crippen LogP contribution in [-0.2, 0) is 9.31 Å². The van der Waals surface area contributed by atoms with Crippen molar-refractivity contribution in [1.82, 2.24) is 9.97 Å². The van der Waals surface area contributed by atoms with Crippen LogP contribution in [0.1, 0.15) is 57.7 Å². The lowest BCUT2D eigenvalue weighted by molar-refractivity contribution is 0.00578. The van der Waals surface area contributed by atoms with E-state index in [2.05, 4.69) is 21.4 Å². The molecule has 0 amide bonds. The Kier molecular flexibility index (Phi) is 4.27. The van der Waals surface area contributed by atoms with Crippen LogP contribution in [0, 0.1) is 12.7 Å². The molecule has 1 saturated carbocycles. The number of nitrogens with zero attached hydrogens (tertiary/aromatic N) is 2. The summed E-state index contributed by atoms with van der Waals surface area (Å²) in [6.45, 7) is 10.2. The number of benzene rings is 1. The quantitative estimate of drug-likeness (QED) is 0.830. The van der Waals surface area contributed by atoms with Gasteiger partial charge >= 0.3 is 7.12 Å². The van der Waals surface area contributed by atoms with Crippen molar-refractivity contribution >= 4 is 24.2 Å². The molecule has 2 aromatic rings. The highest BCUT2D eigenvalue weighted by Crippen LogP contribution is 2.40. The minimum Gasteiger partial charge on any atom is -0.399 e. The van der Waals surface area contributed by atoms with Gasteiger partial charge in [0.1, 0.15) is 0 Å². The van der Waals surface area contributed by atoms with E-state index in [-0.39, 0.29) is 11.7 Å². The first-order chi connectivity index (χ1) is 12.6. The van der Waals surface area contributed by atoms with Gasteiger partial charge in [0.2, 0.25) is 5.95 Å². The van der Waals surface area contributed by atoms with Crippen LogP contribution in [-0.4, -0.2) is 28.3 Å². The molecule has 1 aliphatic heterocycles. The highest BCUT2D eigenvalue weighted by atomic mass is 19.1. The van der Waals surface area contributed by atoms with Crippen molar-refractivity contribution in [3.05, 3.63) is 41.5 Å². The van der Waals surface area contributed by atoms with Gasteiger partial charge in [0.25, 0.3) is 0 Å². The van der Waals surface area contributed by atoms with Crippen LogP contribution in [0.2, 0.25) is 0 Å². The second-order valence-electron chi connectivity index (χ2n) is 8.55. The number of anilines is 2. The first kappa shape index (κ1) is 18.4. The number of rotatable bonds is 4. The average molecular weight is 369 g/mol. The summed E-state index contributed by atoms with van der Waals surface area (Å²) >= 11 is 0. The molecular formula is C20H25BFN3O2. The Morgan fingerprint density at radius 2 is 1.78 bits per heavy atom. The van der Waals surface area contributed by atoms with Gasteiger partial charge in [-0.05, 0) is 70.6 Å². The molecule has 142 valence electrons. The molecule has 2 aliphatic rings. The van der Waals surface area contributed by atoms with E-state index >= 15 is 0 Å². The number of nitrogens with one attached hydrogen (secondary N) is 1. The molecule has 2 fully saturated rings. The molecule has 4 rings (SSSR count). The number of halogens is 1. The summed E-state index contributed by atoms with van der Waals surface area (Å²) in [5.74, 6) is 0.306. The van der Waals surface area contributed by atoms with Crippen molar-refractivity contribution in [2.24, 2.45) is 0 Å². The third-order valence-electron chi connectivity index (χ3n) is 5.62. The van der Waals surface area contributed by atoms with Gasteiger partial charge in [-0.2, -0.15) is 0 Å². The van der Waals surface area contributed by atoms with Crippen LogP contribution >= 0.6 is 0 Å². The molecule has 1 saturated heterocycles. The summed E-state index contributed by atoms with van der Waals surface area (Å²) in [4.78, 5) is 8.46. The number of aromatic nitrogens is 2. The van der Waals surface area contributed by atoms with Crippen molar-refractivity contribution in [3.63, 3.8) is 0 Å². The van der Waals surface area contributed by atoms with Crippen molar-refractivity contribution < 1.29 is 13.7 Å². The second kappa shape index (κ2) is 6.28. The van der Waals surface area contributed by atoms with E-state index in [1.165, 1.54) is 6.20 Å². The topological polar surface area (TPSA) is 56.3 Å². The summed E-state index contributed by atoms with van der Waals surface area (Å²) < 4.78 is 26.2. The Labute approximate surface area is 159 Å². The van der Waals surface area contributed by atoms with Crippen molar-refractivity contribution in [3.8, 4) is 0 Å². The number of aryl methyl sites for hydroxylation is 1. The van der Waals surface area contributed by atoms with Gasteiger partial charge in [-0.3, -0.25) is 0 Å². The Bertz CT molecular complexity index is 868. The van der Waals surface area contributed by atoms with Gasteiger partial charge in [-0.15, -0.1) is 0 Å². The number of hydrogen-bond acceptors (Lipinski definition) is 5. The number of hydrogen-bond donors (Lipinski definition) is 1. The molecule has 5 nitrogen and oxygen atoms in total. The molecule has 0 radical (unpaired) electrons. The average Bonchev–Trinajstić information content (AvgIpc) is 3.36. The van der Waals surface area contributed by atoms with E-state index < -0.39 is 18.3 Å². The SMILES string of the molecule is Cc1cc(Nc2ncc(F)c(C3CC3)n2)cc(B2OC(C)(C)C(C)(C)O2)c1. The minimum atomic E-state index is -0.438. The largest absolute Gasteiger partial charge is 0.494 e. The molecule has 1 N–H and O–H groups in total. The Balaban J connectivity index is 1.59. The lowest BCUT2D eigenvalue weighted by Gasteiger charge is -2.32. The fourth-order valence-corrected chi connectivity index (χ4v) is 3.21. The molecule has 0 spiro atoms. The summed E-state index contributed by atoms with van der Waals surface area (Å²) in [5, 5.41) is 3.20. The molecule has 7 heteroatoms. The predicted molar refractivity (Wildman–Crippen MR) is 104 cm³/mol. The van der Waals surface area contributed by atoms with E-state index in [4.69, 9.17) is 9.31 Å². The Morgan fingerprint density at radius 3 is 2.41 bits per heavy atom. The maximum absolute atomic E-state index is 13.9. The molecular weight excluding hydrogens is 344 g/mol. The maximum Gasteiger partial charge on any atom is 0.494 e. The van der Waals surface area contributed by atoms with Crippen LogP contribution < -0.4 is 10.8 Å². The summed E-state index contributed by atoms with van der Waals surface area (Å²) in [7, 11) is -0.438. The monoisotopic (exact) mass is 369 g/mol. The lowest BCUT2D eigenvalue weighted by Crippen LogP contribution is -2.41. The van der Waals surface area contributed by atoms with Crippen molar-refractivity contribution in [2.45, 2.75) is 64.6 Å². The van der Waals surface area contributed by atoms with Crippen molar-refractivity contribution in [1.29, 1.82) is 0 Å².